The summed E-state index contributed by atoms with van der Waals surface area (Å²) in [6.45, 7) is 5.34. The van der Waals surface area contributed by atoms with E-state index in [-0.39, 0.29) is 34.9 Å². The van der Waals surface area contributed by atoms with Crippen molar-refractivity contribution in [3.05, 3.63) is 80.6 Å². The van der Waals surface area contributed by atoms with Gasteiger partial charge in [-0.05, 0) is 35.7 Å². The van der Waals surface area contributed by atoms with Gasteiger partial charge in [0.2, 0.25) is 0 Å². The summed E-state index contributed by atoms with van der Waals surface area (Å²) < 4.78 is 37.7. The highest BCUT2D eigenvalue weighted by molar-refractivity contribution is 7.90. The Morgan fingerprint density at radius 1 is 1.29 bits per heavy atom. The van der Waals surface area contributed by atoms with Crippen molar-refractivity contribution in [2.24, 2.45) is 5.92 Å². The number of hydrogen-bond donors (Lipinski definition) is 1. The van der Waals surface area contributed by atoms with E-state index in [1.807, 2.05) is 6.07 Å². The van der Waals surface area contributed by atoms with Crippen LogP contribution in [0.1, 0.15) is 57.0 Å². The number of hydrogen-bond acceptors (Lipinski definition) is 7. The first kappa shape index (κ1) is 25.0. The quantitative estimate of drug-likeness (QED) is 0.509. The third-order valence-electron chi connectivity index (χ3n) is 5.93. The summed E-state index contributed by atoms with van der Waals surface area (Å²) in [7, 11) is -3.27. The molecule has 1 N–H and O–H groups in total. The highest BCUT2D eigenvalue weighted by Crippen LogP contribution is 2.42. The van der Waals surface area contributed by atoms with Crippen LogP contribution in [0.25, 0.3) is 0 Å². The normalized spacial score (nSPS) is 15.7. The van der Waals surface area contributed by atoms with Gasteiger partial charge in [-0.1, -0.05) is 32.0 Å². The molecular weight excluding hydrogens is 487 g/mol. The molecule has 0 bridgehead atoms. The van der Waals surface area contributed by atoms with Crippen molar-refractivity contribution < 1.29 is 17.6 Å². The number of nitrogens with zero attached hydrogens (tertiary/aromatic N) is 3. The lowest BCUT2D eigenvalue weighted by Crippen LogP contribution is -2.27. The Morgan fingerprint density at radius 3 is 2.60 bits per heavy atom. The fraction of sp³-hybridized carbons (Fsp3) is 0.320. The molecule has 1 unspecified atom stereocenters. The number of thiazole rings is 1. The average Bonchev–Trinajstić information content (AvgIpc) is 3.36. The smallest absolute Gasteiger partial charge is 0.280 e. The van der Waals surface area contributed by atoms with E-state index in [0.29, 0.717) is 23.7 Å². The van der Waals surface area contributed by atoms with Crippen molar-refractivity contribution in [2.75, 3.05) is 6.26 Å². The molecular formula is C25H25FN4O3S2. The number of carbonyl (C=O) groups is 1. The molecule has 2 heterocycles. The third-order valence-corrected chi connectivity index (χ3v) is 8.12. The lowest BCUT2D eigenvalue weighted by atomic mass is 10.0. The average molecular weight is 513 g/mol. The van der Waals surface area contributed by atoms with Crippen molar-refractivity contribution in [1.82, 2.24) is 15.2 Å². The Balaban J connectivity index is 1.45. The number of carbonyl (C=O) groups excluding carboxylic acids is 1. The second-order valence-corrected chi connectivity index (χ2v) is 12.0. The predicted molar refractivity (Wildman–Crippen MR) is 131 cm³/mol. The molecule has 182 valence electrons. The molecule has 0 aliphatic carbocycles. The number of amides is 1. The van der Waals surface area contributed by atoms with Gasteiger partial charge in [0, 0.05) is 36.3 Å². The van der Waals surface area contributed by atoms with Crippen molar-refractivity contribution in [1.29, 1.82) is 5.26 Å². The van der Waals surface area contributed by atoms with Crippen LogP contribution in [0.4, 0.5) is 4.39 Å². The number of halogens is 1. The number of aromatic nitrogens is 1. The summed E-state index contributed by atoms with van der Waals surface area (Å²) in [4.78, 5) is 20.8. The van der Waals surface area contributed by atoms with E-state index in [0.717, 1.165) is 22.4 Å². The maximum absolute atomic E-state index is 14.5. The minimum absolute atomic E-state index is 0.0543. The number of nitrogens with one attached hydrogen (secondary N) is 1. The zero-order chi connectivity index (χ0) is 25.3. The molecule has 1 aromatic heterocycles. The molecule has 2 aromatic carbocycles. The number of fused-ring (bicyclic) bond motifs is 1. The van der Waals surface area contributed by atoms with E-state index in [9.17, 15) is 17.6 Å². The van der Waals surface area contributed by atoms with Gasteiger partial charge in [-0.25, -0.2) is 17.8 Å². The van der Waals surface area contributed by atoms with Gasteiger partial charge in [-0.2, -0.15) is 5.26 Å². The van der Waals surface area contributed by atoms with Crippen molar-refractivity contribution in [2.45, 2.75) is 44.4 Å². The molecule has 7 nitrogen and oxygen atoms in total. The molecule has 35 heavy (non-hydrogen) atoms. The van der Waals surface area contributed by atoms with Gasteiger partial charge in [0.1, 0.15) is 5.82 Å². The van der Waals surface area contributed by atoms with Crippen LogP contribution in [0.3, 0.4) is 0 Å². The maximum Gasteiger partial charge on any atom is 0.280 e. The molecule has 1 aliphatic rings. The molecule has 1 atom stereocenters. The first-order valence-electron chi connectivity index (χ1n) is 11.1. The maximum atomic E-state index is 14.5. The lowest BCUT2D eigenvalue weighted by molar-refractivity contribution is 0.0949. The Labute approximate surface area is 208 Å². The summed E-state index contributed by atoms with van der Waals surface area (Å²) >= 11 is 1.34. The minimum Gasteiger partial charge on any atom is -0.346 e. The number of sulfone groups is 1. The first-order valence-corrected chi connectivity index (χ1v) is 13.8. The van der Waals surface area contributed by atoms with Gasteiger partial charge in [0.25, 0.3) is 5.91 Å². The molecule has 0 saturated carbocycles. The minimum atomic E-state index is -3.27. The fourth-order valence-corrected chi connectivity index (χ4v) is 5.90. The molecule has 1 amide bonds. The van der Waals surface area contributed by atoms with E-state index in [2.05, 4.69) is 29.0 Å². The standard InChI is InChI=1S/C25H25FN4O3S2/c1-15(2)23-22-21(14-30(23)13-18-7-4-17(11-27)10-20(18)26)34-25(29-22)24(31)28-12-16-5-8-19(9-6-16)35(3,32)33/h4-10,15,23H,12-14H2,1-3H3,(H,28,31). The molecule has 0 fully saturated rings. The summed E-state index contributed by atoms with van der Waals surface area (Å²) in [5.74, 6) is -0.493. The molecule has 1 aliphatic heterocycles. The van der Waals surface area contributed by atoms with E-state index >= 15 is 0 Å². The van der Waals surface area contributed by atoms with Crippen LogP contribution in [0, 0.1) is 23.1 Å². The van der Waals surface area contributed by atoms with E-state index in [4.69, 9.17) is 5.26 Å². The Kier molecular flexibility index (Phi) is 7.03. The SMILES string of the molecule is CC(C)C1c2nc(C(=O)NCc3ccc(S(C)(=O)=O)cc3)sc2CN1Cc1ccc(C#N)cc1F. The Hall–Kier alpha value is -3.13. The monoisotopic (exact) mass is 512 g/mol. The van der Waals surface area contributed by atoms with Crippen molar-refractivity contribution >= 4 is 27.1 Å². The molecule has 10 heteroatoms. The lowest BCUT2D eigenvalue weighted by Gasteiger charge is -2.27. The van der Waals surface area contributed by atoms with E-state index in [1.165, 1.54) is 29.5 Å². The summed E-state index contributed by atoms with van der Waals surface area (Å²) in [6.07, 6.45) is 1.15. The second-order valence-electron chi connectivity index (χ2n) is 8.94. The Bertz CT molecular complexity index is 1410. The topological polar surface area (TPSA) is 103 Å². The van der Waals surface area contributed by atoms with Gasteiger partial charge in [0.05, 0.1) is 28.3 Å². The number of rotatable bonds is 7. The van der Waals surface area contributed by atoms with Crippen LogP contribution in [-0.4, -0.2) is 30.5 Å². The largest absolute Gasteiger partial charge is 0.346 e. The molecule has 0 spiro atoms. The summed E-state index contributed by atoms with van der Waals surface area (Å²) in [5, 5.41) is 12.2. The summed E-state index contributed by atoms with van der Waals surface area (Å²) in [5.41, 5.74) is 2.44. The van der Waals surface area contributed by atoms with Crippen LogP contribution in [0.15, 0.2) is 47.4 Å². The van der Waals surface area contributed by atoms with Crippen molar-refractivity contribution in [3.63, 3.8) is 0 Å². The number of benzene rings is 2. The van der Waals surface area contributed by atoms with E-state index < -0.39 is 15.7 Å². The summed E-state index contributed by atoms with van der Waals surface area (Å²) in [6, 6.07) is 12.8. The van der Waals surface area contributed by atoms with Crippen LogP contribution in [-0.2, 0) is 29.5 Å². The third kappa shape index (κ3) is 5.42. The van der Waals surface area contributed by atoms with Gasteiger partial charge in [-0.3, -0.25) is 9.69 Å². The van der Waals surface area contributed by atoms with Crippen LogP contribution in [0.5, 0.6) is 0 Å². The van der Waals surface area contributed by atoms with Crippen LogP contribution >= 0.6 is 11.3 Å². The first-order chi connectivity index (χ1) is 16.6. The second kappa shape index (κ2) is 9.85. The molecule has 0 radical (unpaired) electrons. The highest BCUT2D eigenvalue weighted by Gasteiger charge is 2.37. The zero-order valence-electron chi connectivity index (χ0n) is 19.6. The Morgan fingerprint density at radius 2 is 2.00 bits per heavy atom. The predicted octanol–water partition coefficient (Wildman–Crippen LogP) is 4.20. The highest BCUT2D eigenvalue weighted by atomic mass is 32.2. The van der Waals surface area contributed by atoms with Gasteiger partial charge >= 0.3 is 0 Å². The van der Waals surface area contributed by atoms with E-state index in [1.54, 1.807) is 24.3 Å². The fourth-order valence-electron chi connectivity index (χ4n) is 4.23. The van der Waals surface area contributed by atoms with Gasteiger partial charge in [-0.15, -0.1) is 11.3 Å². The number of nitriles is 1. The molecule has 4 rings (SSSR count). The van der Waals surface area contributed by atoms with Crippen molar-refractivity contribution in [3.8, 4) is 6.07 Å². The molecule has 3 aromatic rings. The van der Waals surface area contributed by atoms with Gasteiger partial charge < -0.3 is 5.32 Å². The van der Waals surface area contributed by atoms with Gasteiger partial charge in [0.15, 0.2) is 14.8 Å². The molecule has 0 saturated heterocycles. The van der Waals surface area contributed by atoms with Crippen LogP contribution < -0.4 is 5.32 Å². The van der Waals surface area contributed by atoms with Crippen LogP contribution in [0.2, 0.25) is 0 Å². The zero-order valence-corrected chi connectivity index (χ0v) is 21.2.